The molecule has 8 nitrogen and oxygen atoms in total. The average Bonchev–Trinajstić information content (AvgIpc) is 3.13. The second-order valence-electron chi connectivity index (χ2n) is 6.17. The number of piperidine rings is 1. The van der Waals surface area contributed by atoms with Crippen LogP contribution in [0.25, 0.3) is 5.65 Å². The van der Waals surface area contributed by atoms with Gasteiger partial charge in [0.25, 0.3) is 0 Å². The van der Waals surface area contributed by atoms with Crippen LogP contribution in [-0.2, 0) is 6.54 Å². The third-order valence-corrected chi connectivity index (χ3v) is 4.46. The number of fused-ring (bicyclic) bond motifs is 1. The van der Waals surface area contributed by atoms with Gasteiger partial charge < -0.3 is 4.90 Å². The minimum absolute atomic E-state index is 0.392. The van der Waals surface area contributed by atoms with Crippen molar-refractivity contribution in [3.05, 3.63) is 29.6 Å². The predicted octanol–water partition coefficient (Wildman–Crippen LogP) is 1.39. The largest absolute Gasteiger partial charge is 0.350 e. The summed E-state index contributed by atoms with van der Waals surface area (Å²) in [6.45, 7) is 6.04. The molecule has 120 valence electrons. The summed E-state index contributed by atoms with van der Waals surface area (Å²) in [6.07, 6.45) is 3.57. The SMILES string of the molecule is Cc1cc(C)n(C[C@@H]2CCCCN2c2ccc3nnnn3n2)n1. The quantitative estimate of drug-likeness (QED) is 0.727. The second-order valence-corrected chi connectivity index (χ2v) is 6.17. The average molecular weight is 312 g/mol. The maximum Gasteiger partial charge on any atom is 0.200 e. The predicted molar refractivity (Wildman–Crippen MR) is 85.3 cm³/mol. The van der Waals surface area contributed by atoms with Crippen LogP contribution in [0, 0.1) is 13.8 Å². The standard InChI is InChI=1S/C15H20N8/c1-11-9-12(2)22(17-11)10-13-5-3-4-8-21(13)15-7-6-14-16-19-20-23(14)18-15/h6-7,9,13H,3-5,8,10H2,1-2H3/t13-/m0/s1. The number of anilines is 1. The fourth-order valence-corrected chi connectivity index (χ4v) is 3.34. The minimum atomic E-state index is 0.392. The molecule has 23 heavy (non-hydrogen) atoms. The van der Waals surface area contributed by atoms with E-state index in [0.717, 1.165) is 31.0 Å². The first kappa shape index (κ1) is 14.1. The molecule has 1 saturated heterocycles. The van der Waals surface area contributed by atoms with Crippen molar-refractivity contribution in [1.29, 1.82) is 0 Å². The van der Waals surface area contributed by atoms with Crippen LogP contribution in [0.2, 0.25) is 0 Å². The van der Waals surface area contributed by atoms with Gasteiger partial charge in [-0.05, 0) is 61.7 Å². The molecule has 0 amide bonds. The molecule has 1 atom stereocenters. The van der Waals surface area contributed by atoms with E-state index in [1.54, 1.807) is 0 Å². The Morgan fingerprint density at radius 2 is 2.09 bits per heavy atom. The van der Waals surface area contributed by atoms with E-state index in [-0.39, 0.29) is 0 Å². The Bertz CT molecular complexity index is 820. The Morgan fingerprint density at radius 1 is 1.17 bits per heavy atom. The molecule has 1 fully saturated rings. The van der Waals surface area contributed by atoms with Gasteiger partial charge in [-0.1, -0.05) is 0 Å². The van der Waals surface area contributed by atoms with Gasteiger partial charge in [0.1, 0.15) is 0 Å². The van der Waals surface area contributed by atoms with Crippen LogP contribution < -0.4 is 4.90 Å². The van der Waals surface area contributed by atoms with E-state index in [2.05, 4.69) is 48.3 Å². The number of tetrazole rings is 1. The van der Waals surface area contributed by atoms with Gasteiger partial charge in [0.2, 0.25) is 0 Å². The van der Waals surface area contributed by atoms with E-state index >= 15 is 0 Å². The number of hydrogen-bond donors (Lipinski definition) is 0. The highest BCUT2D eigenvalue weighted by Gasteiger charge is 2.25. The van der Waals surface area contributed by atoms with E-state index in [1.807, 2.05) is 19.1 Å². The fourth-order valence-electron chi connectivity index (χ4n) is 3.34. The van der Waals surface area contributed by atoms with Crippen molar-refractivity contribution in [2.75, 3.05) is 11.4 Å². The molecule has 3 aromatic rings. The molecule has 0 bridgehead atoms. The summed E-state index contributed by atoms with van der Waals surface area (Å²) >= 11 is 0. The van der Waals surface area contributed by atoms with Gasteiger partial charge in [0.05, 0.1) is 18.3 Å². The Morgan fingerprint density at radius 3 is 2.91 bits per heavy atom. The Labute approximate surface area is 134 Å². The molecule has 0 unspecified atom stereocenters. The van der Waals surface area contributed by atoms with Crippen molar-refractivity contribution in [3.63, 3.8) is 0 Å². The van der Waals surface area contributed by atoms with E-state index in [1.165, 1.54) is 23.2 Å². The number of hydrogen-bond acceptors (Lipinski definition) is 6. The molecule has 1 aliphatic heterocycles. The molecule has 8 heteroatoms. The smallest absolute Gasteiger partial charge is 0.200 e. The van der Waals surface area contributed by atoms with Crippen LogP contribution in [0.4, 0.5) is 5.82 Å². The summed E-state index contributed by atoms with van der Waals surface area (Å²) in [5, 5.41) is 20.6. The minimum Gasteiger partial charge on any atom is -0.350 e. The lowest BCUT2D eigenvalue weighted by molar-refractivity contribution is 0.391. The van der Waals surface area contributed by atoms with E-state index in [0.29, 0.717) is 11.7 Å². The third-order valence-electron chi connectivity index (χ3n) is 4.46. The van der Waals surface area contributed by atoms with E-state index in [4.69, 9.17) is 0 Å². The van der Waals surface area contributed by atoms with Gasteiger partial charge in [-0.15, -0.1) is 14.8 Å². The topological polar surface area (TPSA) is 77.0 Å². The highest BCUT2D eigenvalue weighted by molar-refractivity contribution is 5.45. The Kier molecular flexibility index (Phi) is 3.44. The highest BCUT2D eigenvalue weighted by Crippen LogP contribution is 2.24. The molecule has 1 aliphatic rings. The summed E-state index contributed by atoms with van der Waals surface area (Å²) < 4.78 is 3.60. The lowest BCUT2D eigenvalue weighted by Crippen LogP contribution is -2.43. The number of rotatable bonds is 3. The highest BCUT2D eigenvalue weighted by atomic mass is 15.6. The van der Waals surface area contributed by atoms with Gasteiger partial charge in [0, 0.05) is 12.2 Å². The molecule has 0 saturated carbocycles. The Balaban J connectivity index is 1.63. The molecule has 0 aliphatic carbocycles. The molecule has 3 aromatic heterocycles. The van der Waals surface area contributed by atoms with Gasteiger partial charge in [-0.2, -0.15) is 5.10 Å². The zero-order valence-electron chi connectivity index (χ0n) is 13.4. The first-order valence-electron chi connectivity index (χ1n) is 8.04. The van der Waals surface area contributed by atoms with E-state index < -0.39 is 0 Å². The first-order chi connectivity index (χ1) is 11.2. The number of nitrogens with zero attached hydrogens (tertiary/aromatic N) is 8. The van der Waals surface area contributed by atoms with Crippen LogP contribution in [0.1, 0.15) is 30.7 Å². The normalized spacial score (nSPS) is 18.7. The molecule has 0 aromatic carbocycles. The maximum absolute atomic E-state index is 4.61. The monoisotopic (exact) mass is 312 g/mol. The van der Waals surface area contributed by atoms with Crippen molar-refractivity contribution >= 4 is 11.5 Å². The lowest BCUT2D eigenvalue weighted by Gasteiger charge is -2.36. The second kappa shape index (κ2) is 5.60. The van der Waals surface area contributed by atoms with Crippen LogP contribution >= 0.6 is 0 Å². The summed E-state index contributed by atoms with van der Waals surface area (Å²) in [7, 11) is 0. The molecular formula is C15H20N8. The maximum atomic E-state index is 4.61. The van der Waals surface area contributed by atoms with Gasteiger partial charge in [-0.25, -0.2) is 0 Å². The zero-order chi connectivity index (χ0) is 15.8. The van der Waals surface area contributed by atoms with Crippen LogP contribution in [-0.4, -0.2) is 47.6 Å². The first-order valence-corrected chi connectivity index (χ1v) is 8.04. The summed E-state index contributed by atoms with van der Waals surface area (Å²) in [5.41, 5.74) is 2.94. The van der Waals surface area contributed by atoms with Gasteiger partial charge in [0.15, 0.2) is 11.5 Å². The third kappa shape index (κ3) is 2.64. The number of aryl methyl sites for hydroxylation is 2. The van der Waals surface area contributed by atoms with Crippen molar-refractivity contribution in [2.24, 2.45) is 0 Å². The van der Waals surface area contributed by atoms with Gasteiger partial charge in [-0.3, -0.25) is 4.68 Å². The summed E-state index contributed by atoms with van der Waals surface area (Å²) in [5.74, 6) is 0.927. The van der Waals surface area contributed by atoms with Crippen molar-refractivity contribution in [3.8, 4) is 0 Å². The summed E-state index contributed by atoms with van der Waals surface area (Å²) in [4.78, 5) is 2.36. The van der Waals surface area contributed by atoms with Crippen molar-refractivity contribution in [1.82, 2.24) is 35.0 Å². The molecular weight excluding hydrogens is 292 g/mol. The molecule has 0 radical (unpaired) electrons. The number of aromatic nitrogens is 7. The molecule has 0 N–H and O–H groups in total. The molecule has 4 rings (SSSR count). The van der Waals surface area contributed by atoms with Crippen LogP contribution in [0.5, 0.6) is 0 Å². The van der Waals surface area contributed by atoms with E-state index in [9.17, 15) is 0 Å². The molecule has 0 spiro atoms. The Hall–Kier alpha value is -2.51. The van der Waals surface area contributed by atoms with Gasteiger partial charge >= 0.3 is 0 Å². The molecule has 4 heterocycles. The van der Waals surface area contributed by atoms with Crippen molar-refractivity contribution in [2.45, 2.75) is 45.7 Å². The van der Waals surface area contributed by atoms with Crippen LogP contribution in [0.15, 0.2) is 18.2 Å². The van der Waals surface area contributed by atoms with Crippen molar-refractivity contribution < 1.29 is 0 Å². The summed E-state index contributed by atoms with van der Waals surface area (Å²) in [6, 6.07) is 6.43. The van der Waals surface area contributed by atoms with Crippen LogP contribution in [0.3, 0.4) is 0 Å². The zero-order valence-corrected chi connectivity index (χ0v) is 13.4. The fraction of sp³-hybridized carbons (Fsp3) is 0.533. The lowest BCUT2D eigenvalue weighted by atomic mass is 10.0.